The highest BCUT2D eigenvalue weighted by Crippen LogP contribution is 2.18. The van der Waals surface area contributed by atoms with Crippen molar-refractivity contribution in [3.63, 3.8) is 0 Å². The molecule has 2 aromatic rings. The molecular weight excluding hydrogens is 465 g/mol. The van der Waals surface area contributed by atoms with Crippen LogP contribution in [0.5, 0.6) is 5.75 Å². The van der Waals surface area contributed by atoms with E-state index in [2.05, 4.69) is 50.6 Å². The molecule has 2 N–H and O–H groups in total. The second-order valence-corrected chi connectivity index (χ2v) is 6.62. The highest BCUT2D eigenvalue weighted by atomic mass is 127. The Morgan fingerprint density at radius 1 is 1.14 bits per heavy atom. The number of nitrogens with one attached hydrogen (secondary N) is 2. The van der Waals surface area contributed by atoms with E-state index in [1.807, 2.05) is 24.4 Å². The molecule has 1 fully saturated rings. The Bertz CT molecular complexity index is 762. The molecule has 1 aliphatic rings. The predicted octanol–water partition coefficient (Wildman–Crippen LogP) is 3.56. The van der Waals surface area contributed by atoms with Gasteiger partial charge in [0.1, 0.15) is 11.6 Å². The van der Waals surface area contributed by atoms with Crippen LogP contribution in [0.4, 0.5) is 5.82 Å². The maximum absolute atomic E-state index is 5.28. The summed E-state index contributed by atoms with van der Waals surface area (Å²) in [6.45, 7) is 6.41. The molecule has 0 atom stereocenters. The first-order chi connectivity index (χ1) is 13.3. The molecular formula is C21H30IN5O. The molecule has 2 heterocycles. The molecule has 0 bridgehead atoms. The summed E-state index contributed by atoms with van der Waals surface area (Å²) in [6, 6.07) is 12.2. The minimum atomic E-state index is 0. The fourth-order valence-corrected chi connectivity index (χ4v) is 3.16. The third-order valence-corrected chi connectivity index (χ3v) is 4.60. The average Bonchev–Trinajstić information content (AvgIpc) is 3.25. The number of benzene rings is 1. The third-order valence-electron chi connectivity index (χ3n) is 4.60. The summed E-state index contributed by atoms with van der Waals surface area (Å²) in [5.74, 6) is 2.73. The largest absolute Gasteiger partial charge is 0.497 e. The number of pyridine rings is 1. The second kappa shape index (κ2) is 11.7. The van der Waals surface area contributed by atoms with E-state index < -0.39 is 0 Å². The van der Waals surface area contributed by atoms with Crippen LogP contribution in [0.15, 0.2) is 47.6 Å². The standard InChI is InChI=1S/C21H29N5O.HI/c1-3-22-21(24-15-17-7-6-8-19(13-17)27-2)25-16-18-9-10-23-20(14-18)26-11-4-5-12-26;/h6-10,13-14H,3-5,11-12,15-16H2,1-2H3,(H2,22,24,25);1H. The Labute approximate surface area is 184 Å². The fraction of sp³-hybridized carbons (Fsp3) is 0.429. The molecule has 7 heteroatoms. The van der Waals surface area contributed by atoms with Gasteiger partial charge in [0.2, 0.25) is 0 Å². The van der Waals surface area contributed by atoms with E-state index in [4.69, 9.17) is 4.74 Å². The number of ether oxygens (including phenoxy) is 1. The van der Waals surface area contributed by atoms with Crippen molar-refractivity contribution in [3.05, 3.63) is 53.7 Å². The fourth-order valence-electron chi connectivity index (χ4n) is 3.16. The molecule has 1 aromatic carbocycles. The Hall–Kier alpha value is -2.03. The highest BCUT2D eigenvalue weighted by molar-refractivity contribution is 14.0. The van der Waals surface area contributed by atoms with E-state index in [0.29, 0.717) is 13.1 Å². The van der Waals surface area contributed by atoms with Crippen LogP contribution in [0.3, 0.4) is 0 Å². The summed E-state index contributed by atoms with van der Waals surface area (Å²) in [6.07, 6.45) is 4.41. The number of guanidine groups is 1. The van der Waals surface area contributed by atoms with Crippen molar-refractivity contribution in [3.8, 4) is 5.75 Å². The van der Waals surface area contributed by atoms with Crippen LogP contribution in [-0.2, 0) is 13.1 Å². The summed E-state index contributed by atoms with van der Waals surface area (Å²) >= 11 is 0. The minimum absolute atomic E-state index is 0. The van der Waals surface area contributed by atoms with Crippen molar-refractivity contribution in [2.45, 2.75) is 32.9 Å². The first-order valence-corrected chi connectivity index (χ1v) is 9.63. The van der Waals surface area contributed by atoms with Crippen LogP contribution < -0.4 is 20.3 Å². The van der Waals surface area contributed by atoms with Crippen molar-refractivity contribution in [2.75, 3.05) is 31.6 Å². The molecule has 6 nitrogen and oxygen atoms in total. The Morgan fingerprint density at radius 3 is 2.71 bits per heavy atom. The molecule has 0 radical (unpaired) electrons. The van der Waals surface area contributed by atoms with Crippen molar-refractivity contribution in [1.82, 2.24) is 15.6 Å². The van der Waals surface area contributed by atoms with Gasteiger partial charge in [0.15, 0.2) is 5.96 Å². The zero-order valence-electron chi connectivity index (χ0n) is 16.6. The summed E-state index contributed by atoms with van der Waals surface area (Å²) in [5, 5.41) is 6.72. The highest BCUT2D eigenvalue weighted by Gasteiger charge is 2.13. The predicted molar refractivity (Wildman–Crippen MR) is 126 cm³/mol. The maximum atomic E-state index is 5.28. The monoisotopic (exact) mass is 495 g/mol. The normalized spacial score (nSPS) is 13.8. The lowest BCUT2D eigenvalue weighted by Gasteiger charge is -2.17. The number of methoxy groups -OCH3 is 1. The van der Waals surface area contributed by atoms with Gasteiger partial charge in [-0.1, -0.05) is 12.1 Å². The topological polar surface area (TPSA) is 61.8 Å². The zero-order chi connectivity index (χ0) is 18.9. The number of anilines is 1. The van der Waals surface area contributed by atoms with Gasteiger partial charge in [-0.25, -0.2) is 9.98 Å². The van der Waals surface area contributed by atoms with Gasteiger partial charge in [-0.15, -0.1) is 24.0 Å². The van der Waals surface area contributed by atoms with Gasteiger partial charge in [0.25, 0.3) is 0 Å². The van der Waals surface area contributed by atoms with Gasteiger partial charge in [-0.05, 0) is 55.2 Å². The zero-order valence-corrected chi connectivity index (χ0v) is 19.0. The van der Waals surface area contributed by atoms with Gasteiger partial charge < -0.3 is 20.3 Å². The van der Waals surface area contributed by atoms with E-state index in [1.54, 1.807) is 7.11 Å². The smallest absolute Gasteiger partial charge is 0.191 e. The van der Waals surface area contributed by atoms with Gasteiger partial charge >= 0.3 is 0 Å². The Balaban J connectivity index is 0.00000280. The van der Waals surface area contributed by atoms with Gasteiger partial charge in [-0.3, -0.25) is 0 Å². The quantitative estimate of drug-likeness (QED) is 0.350. The summed E-state index contributed by atoms with van der Waals surface area (Å²) in [7, 11) is 1.68. The van der Waals surface area contributed by atoms with Crippen molar-refractivity contribution in [1.29, 1.82) is 0 Å². The first kappa shape index (κ1) is 22.3. The molecule has 0 aliphatic carbocycles. The van der Waals surface area contributed by atoms with Crippen LogP contribution >= 0.6 is 24.0 Å². The lowest BCUT2D eigenvalue weighted by molar-refractivity contribution is 0.414. The van der Waals surface area contributed by atoms with Crippen LogP contribution in [0.1, 0.15) is 30.9 Å². The number of hydrogen-bond donors (Lipinski definition) is 2. The molecule has 0 unspecified atom stereocenters. The SMILES string of the molecule is CCNC(=NCc1cccc(OC)c1)NCc1ccnc(N2CCCC2)c1.I. The number of rotatable bonds is 7. The van der Waals surface area contributed by atoms with Crippen molar-refractivity contribution >= 4 is 35.8 Å². The summed E-state index contributed by atoms with van der Waals surface area (Å²) in [4.78, 5) is 11.6. The summed E-state index contributed by atoms with van der Waals surface area (Å²) in [5.41, 5.74) is 2.32. The Morgan fingerprint density at radius 2 is 1.96 bits per heavy atom. The van der Waals surface area contributed by atoms with E-state index >= 15 is 0 Å². The number of aliphatic imine (C=N–C) groups is 1. The lowest BCUT2D eigenvalue weighted by atomic mass is 10.2. The van der Waals surface area contributed by atoms with E-state index in [0.717, 1.165) is 42.7 Å². The van der Waals surface area contributed by atoms with Crippen molar-refractivity contribution < 1.29 is 4.74 Å². The van der Waals surface area contributed by atoms with E-state index in [1.165, 1.54) is 18.4 Å². The number of hydrogen-bond acceptors (Lipinski definition) is 4. The average molecular weight is 495 g/mol. The molecule has 1 aliphatic heterocycles. The molecule has 0 amide bonds. The number of aromatic nitrogens is 1. The van der Waals surface area contributed by atoms with Crippen LogP contribution in [-0.4, -0.2) is 37.7 Å². The molecule has 28 heavy (non-hydrogen) atoms. The second-order valence-electron chi connectivity index (χ2n) is 6.62. The first-order valence-electron chi connectivity index (χ1n) is 9.63. The number of halogens is 1. The maximum Gasteiger partial charge on any atom is 0.191 e. The lowest BCUT2D eigenvalue weighted by Crippen LogP contribution is -2.36. The van der Waals surface area contributed by atoms with Crippen LogP contribution in [0, 0.1) is 0 Å². The van der Waals surface area contributed by atoms with Gasteiger partial charge in [0, 0.05) is 32.4 Å². The molecule has 152 valence electrons. The minimum Gasteiger partial charge on any atom is -0.497 e. The molecule has 3 rings (SSSR count). The van der Waals surface area contributed by atoms with Gasteiger partial charge in [0.05, 0.1) is 13.7 Å². The van der Waals surface area contributed by atoms with E-state index in [-0.39, 0.29) is 24.0 Å². The molecule has 1 aromatic heterocycles. The van der Waals surface area contributed by atoms with Crippen LogP contribution in [0.2, 0.25) is 0 Å². The van der Waals surface area contributed by atoms with E-state index in [9.17, 15) is 0 Å². The van der Waals surface area contributed by atoms with Crippen LogP contribution in [0.25, 0.3) is 0 Å². The molecule has 1 saturated heterocycles. The van der Waals surface area contributed by atoms with Crippen molar-refractivity contribution in [2.24, 2.45) is 4.99 Å². The van der Waals surface area contributed by atoms with Gasteiger partial charge in [-0.2, -0.15) is 0 Å². The Kier molecular flexibility index (Phi) is 9.33. The molecule has 0 saturated carbocycles. The molecule has 0 spiro atoms. The number of nitrogens with zero attached hydrogens (tertiary/aromatic N) is 3. The third kappa shape index (κ3) is 6.54. The summed E-state index contributed by atoms with van der Waals surface area (Å²) < 4.78 is 5.28.